The third-order valence-corrected chi connectivity index (χ3v) is 7.13. The van der Waals surface area contributed by atoms with Crippen molar-refractivity contribution in [1.82, 2.24) is 20.9 Å². The number of nitrogens with two attached hydrogens (primary N) is 2. The van der Waals surface area contributed by atoms with Crippen LogP contribution < -0.4 is 36.9 Å². The van der Waals surface area contributed by atoms with Crippen molar-refractivity contribution in [2.45, 2.75) is 44.3 Å². The van der Waals surface area contributed by atoms with Crippen LogP contribution in [0, 0.1) is 0 Å². The highest BCUT2D eigenvalue weighted by atomic mass is 16.5. The molecule has 4 amide bonds. The second-order valence-corrected chi connectivity index (χ2v) is 10.5. The summed E-state index contributed by atoms with van der Waals surface area (Å²) in [4.78, 5) is 64.0. The number of aliphatic carboxylic acids is 1. The van der Waals surface area contributed by atoms with E-state index in [1.54, 1.807) is 18.2 Å². The number of ether oxygens (including phenoxy) is 2. The lowest BCUT2D eigenvalue weighted by Gasteiger charge is -2.30. The highest BCUT2D eigenvalue weighted by molar-refractivity contribution is 5.95. The van der Waals surface area contributed by atoms with Crippen molar-refractivity contribution in [3.05, 3.63) is 41.5 Å². The Kier molecular flexibility index (Phi) is 12.5. The van der Waals surface area contributed by atoms with E-state index in [0.717, 1.165) is 4.90 Å². The third kappa shape index (κ3) is 8.83. The lowest BCUT2D eigenvalue weighted by atomic mass is 9.93. The topological polar surface area (TPSA) is 236 Å². The van der Waals surface area contributed by atoms with Crippen LogP contribution in [0.3, 0.4) is 0 Å². The zero-order valence-corrected chi connectivity index (χ0v) is 25.2. The maximum Gasteiger partial charge on any atom is 0.326 e. The number of amides is 4. The van der Waals surface area contributed by atoms with Gasteiger partial charge in [0.25, 0.3) is 0 Å². The molecule has 0 fully saturated rings. The predicted octanol–water partition coefficient (Wildman–Crippen LogP) is -0.610. The Hall–Kier alpha value is -4.89. The first-order valence-electron chi connectivity index (χ1n) is 14.4. The van der Waals surface area contributed by atoms with E-state index in [9.17, 15) is 34.2 Å². The second kappa shape index (κ2) is 16.3. The maximum absolute atomic E-state index is 13.8. The zero-order valence-electron chi connectivity index (χ0n) is 25.2. The summed E-state index contributed by atoms with van der Waals surface area (Å²) >= 11 is 0. The number of carboxylic acids is 1. The van der Waals surface area contributed by atoms with Crippen molar-refractivity contribution < 1.29 is 43.7 Å². The van der Waals surface area contributed by atoms with E-state index in [0.29, 0.717) is 49.2 Å². The molecule has 0 saturated heterocycles. The Bertz CT molecular complexity index is 1400. The van der Waals surface area contributed by atoms with E-state index in [2.05, 4.69) is 16.0 Å². The quantitative estimate of drug-likeness (QED) is 0.109. The molecule has 0 aromatic heterocycles. The number of likely N-dealkylation sites (N-methyl/N-ethyl adjacent to an activating group) is 1. The molecule has 2 aromatic rings. The second-order valence-electron chi connectivity index (χ2n) is 10.5. The number of phenols is 1. The maximum atomic E-state index is 13.8. The summed E-state index contributed by atoms with van der Waals surface area (Å²) in [6.07, 6.45) is 1.19. The molecule has 9 N–H and O–H groups in total. The van der Waals surface area contributed by atoms with Gasteiger partial charge in [-0.05, 0) is 68.2 Å². The fourth-order valence-electron chi connectivity index (χ4n) is 4.71. The molecule has 15 heteroatoms. The van der Waals surface area contributed by atoms with E-state index >= 15 is 0 Å². The van der Waals surface area contributed by atoms with Crippen LogP contribution in [0.2, 0.25) is 0 Å². The lowest BCUT2D eigenvalue weighted by molar-refractivity contribution is -0.142. The number of rotatable bonds is 13. The molecule has 244 valence electrons. The summed E-state index contributed by atoms with van der Waals surface area (Å²) in [5, 5.41) is 28.6. The van der Waals surface area contributed by atoms with Gasteiger partial charge in [0.15, 0.2) is 11.5 Å². The molecule has 1 aliphatic rings. The molecule has 0 radical (unpaired) electrons. The number of aromatic hydroxyl groups is 1. The first kappa shape index (κ1) is 34.6. The molecule has 4 bridgehead atoms. The van der Waals surface area contributed by atoms with E-state index in [-0.39, 0.29) is 42.3 Å². The summed E-state index contributed by atoms with van der Waals surface area (Å²) in [7, 11) is 1.34. The molecular weight excluding hydrogens is 588 g/mol. The number of carboxylic acid groups (broad SMARTS) is 1. The van der Waals surface area contributed by atoms with Gasteiger partial charge in [-0.15, -0.1) is 0 Å². The number of nitrogens with zero attached hydrogens (tertiary/aromatic N) is 1. The van der Waals surface area contributed by atoms with Gasteiger partial charge in [0.1, 0.15) is 23.9 Å². The molecule has 45 heavy (non-hydrogen) atoms. The Balaban J connectivity index is 2.34. The van der Waals surface area contributed by atoms with Gasteiger partial charge in [-0.25, -0.2) is 4.79 Å². The SMILES string of the molecule is C[C@@H]1NC(=O)[C@@H](N(C)C(=O)CNC=O)c2cc(OCCCN)c(O)c(c2)-c2cc(ccc2OCCCN)C[C@@H](C(=O)O)NC1=O. The number of hydrogen-bond donors (Lipinski definition) is 7. The average Bonchev–Trinajstić information content (AvgIpc) is 3.00. The number of phenolic OH excluding ortho intramolecular Hbond substituents is 1. The van der Waals surface area contributed by atoms with Gasteiger partial charge in [-0.2, -0.15) is 0 Å². The summed E-state index contributed by atoms with van der Waals surface area (Å²) in [6, 6.07) is 3.83. The number of carbonyl (C=O) groups is 5. The normalized spacial score (nSPS) is 18.1. The minimum absolute atomic E-state index is 0.0137. The average molecular weight is 629 g/mol. The van der Waals surface area contributed by atoms with Gasteiger partial charge >= 0.3 is 5.97 Å². The van der Waals surface area contributed by atoms with Crippen molar-refractivity contribution in [2.24, 2.45) is 11.5 Å². The van der Waals surface area contributed by atoms with Gasteiger partial charge in [0, 0.05) is 24.6 Å². The minimum Gasteiger partial charge on any atom is -0.504 e. The van der Waals surface area contributed by atoms with Gasteiger partial charge in [-0.1, -0.05) is 6.07 Å². The molecule has 3 rings (SSSR count). The zero-order chi connectivity index (χ0) is 33.1. The van der Waals surface area contributed by atoms with Crippen LogP contribution >= 0.6 is 0 Å². The standard InChI is InChI=1S/C30H40N6O9/c1-17-28(40)35-22(30(42)43)12-18-5-6-23(44-9-3-7-31)20(11-18)21-13-19(14-24(27(21)39)45-10-4-8-32)26(29(41)34-17)36(2)25(38)15-33-16-37/h5-6,11,13-14,16-17,22,26,39H,3-4,7-10,12,15,31-32H2,1-2H3,(H,33,37)(H,34,41)(H,35,40)(H,42,43)/t17-,22-,26-/m0/s1. The van der Waals surface area contributed by atoms with Crippen LogP contribution in [0.15, 0.2) is 30.3 Å². The highest BCUT2D eigenvalue weighted by Gasteiger charge is 2.34. The van der Waals surface area contributed by atoms with Crippen LogP contribution in [0.1, 0.15) is 36.9 Å². The summed E-state index contributed by atoms with van der Waals surface area (Å²) in [5.41, 5.74) is 12.5. The number of hydrogen-bond acceptors (Lipinski definition) is 10. The summed E-state index contributed by atoms with van der Waals surface area (Å²) in [5.74, 6) is -3.48. The van der Waals surface area contributed by atoms with Crippen LogP contribution in [0.4, 0.5) is 0 Å². The molecule has 1 aliphatic heterocycles. The Morgan fingerprint density at radius 2 is 1.69 bits per heavy atom. The highest BCUT2D eigenvalue weighted by Crippen LogP contribution is 2.44. The molecule has 0 saturated carbocycles. The van der Waals surface area contributed by atoms with Crippen molar-refractivity contribution in [2.75, 3.05) is 39.9 Å². The van der Waals surface area contributed by atoms with E-state index < -0.39 is 48.4 Å². The van der Waals surface area contributed by atoms with Crippen molar-refractivity contribution in [3.8, 4) is 28.4 Å². The summed E-state index contributed by atoms with van der Waals surface area (Å²) < 4.78 is 11.8. The van der Waals surface area contributed by atoms with Gasteiger partial charge in [-0.3, -0.25) is 19.2 Å². The smallest absolute Gasteiger partial charge is 0.326 e. The Morgan fingerprint density at radius 1 is 1.02 bits per heavy atom. The summed E-state index contributed by atoms with van der Waals surface area (Å²) in [6.45, 7) is 1.99. The van der Waals surface area contributed by atoms with Gasteiger partial charge in [0.2, 0.25) is 24.1 Å². The number of nitrogens with one attached hydrogen (secondary N) is 3. The van der Waals surface area contributed by atoms with Crippen LogP contribution in [-0.4, -0.2) is 97.2 Å². The van der Waals surface area contributed by atoms with Crippen LogP contribution in [-0.2, 0) is 30.4 Å². The van der Waals surface area contributed by atoms with Gasteiger partial charge in [0.05, 0.1) is 19.8 Å². The molecule has 1 heterocycles. The molecule has 3 atom stereocenters. The molecule has 15 nitrogen and oxygen atoms in total. The van der Waals surface area contributed by atoms with Crippen molar-refractivity contribution >= 4 is 30.1 Å². The molecule has 0 unspecified atom stereocenters. The van der Waals surface area contributed by atoms with Crippen LogP contribution in [0.25, 0.3) is 11.1 Å². The molecular formula is C30H40N6O9. The van der Waals surface area contributed by atoms with Crippen molar-refractivity contribution in [1.29, 1.82) is 0 Å². The minimum atomic E-state index is -1.39. The largest absolute Gasteiger partial charge is 0.504 e. The molecule has 0 spiro atoms. The first-order chi connectivity index (χ1) is 21.5. The van der Waals surface area contributed by atoms with Gasteiger partial charge < -0.3 is 52.0 Å². The van der Waals surface area contributed by atoms with Crippen molar-refractivity contribution in [3.63, 3.8) is 0 Å². The number of carbonyl (C=O) groups excluding carboxylic acids is 4. The van der Waals surface area contributed by atoms with E-state index in [1.807, 2.05) is 0 Å². The third-order valence-electron chi connectivity index (χ3n) is 7.13. The lowest BCUT2D eigenvalue weighted by Crippen LogP contribution is -2.53. The fourth-order valence-corrected chi connectivity index (χ4v) is 4.71. The molecule has 2 aromatic carbocycles. The number of benzene rings is 2. The monoisotopic (exact) mass is 628 g/mol. The van der Waals surface area contributed by atoms with E-state index in [4.69, 9.17) is 20.9 Å². The fraction of sp³-hybridized carbons (Fsp3) is 0.433. The molecule has 0 aliphatic carbocycles. The van der Waals surface area contributed by atoms with E-state index in [1.165, 1.54) is 26.1 Å². The van der Waals surface area contributed by atoms with Crippen LogP contribution in [0.5, 0.6) is 17.2 Å². The Morgan fingerprint density at radius 3 is 2.31 bits per heavy atom. The predicted molar refractivity (Wildman–Crippen MR) is 162 cm³/mol. The first-order valence-corrected chi connectivity index (χ1v) is 14.4. The Labute approximate surface area is 260 Å². The number of fused-ring (bicyclic) bond motifs is 5.